The lowest BCUT2D eigenvalue weighted by atomic mass is 9.86. The van der Waals surface area contributed by atoms with Crippen molar-refractivity contribution >= 4 is 0 Å². The summed E-state index contributed by atoms with van der Waals surface area (Å²) in [6.45, 7) is 4.00. The van der Waals surface area contributed by atoms with Gasteiger partial charge in [0.05, 0.1) is 5.60 Å². The molecule has 0 aliphatic heterocycles. The monoisotopic (exact) mass is 290 g/mol. The second-order valence-corrected chi connectivity index (χ2v) is 5.09. The molecule has 0 bridgehead atoms. The highest BCUT2D eigenvalue weighted by molar-refractivity contribution is 5.28. The molecule has 1 aromatic rings. The molecule has 0 spiro atoms. The van der Waals surface area contributed by atoms with Crippen LogP contribution in [0.5, 0.6) is 5.75 Å². The Labute approximate surface area is 117 Å². The first-order chi connectivity index (χ1) is 9.28. The van der Waals surface area contributed by atoms with Crippen molar-refractivity contribution in [1.29, 1.82) is 0 Å². The molecule has 0 unspecified atom stereocenters. The van der Waals surface area contributed by atoms with Crippen LogP contribution in [0.15, 0.2) is 24.3 Å². The highest BCUT2D eigenvalue weighted by Crippen LogP contribution is 2.27. The molecule has 0 aromatic heterocycles. The van der Waals surface area contributed by atoms with Gasteiger partial charge in [0.1, 0.15) is 5.75 Å². The first-order valence-corrected chi connectivity index (χ1v) is 6.85. The average Bonchev–Trinajstić information content (AvgIpc) is 2.30. The normalized spacial score (nSPS) is 12.5. The minimum atomic E-state index is -4.67. The number of hydrogen-bond acceptors (Lipinski definition) is 2. The number of aliphatic hydroxyl groups is 1. The van der Waals surface area contributed by atoms with Crippen molar-refractivity contribution in [2.75, 3.05) is 0 Å². The molecule has 0 aliphatic rings. The SMILES string of the molecule is CCCC(O)(CCC)Cc1ccc(OC(F)(F)F)cc1. The zero-order chi connectivity index (χ0) is 15.2. The van der Waals surface area contributed by atoms with E-state index in [1.807, 2.05) is 13.8 Å². The third-order valence-corrected chi connectivity index (χ3v) is 3.12. The van der Waals surface area contributed by atoms with Gasteiger partial charge in [-0.2, -0.15) is 0 Å². The molecule has 0 saturated carbocycles. The molecule has 0 aliphatic carbocycles. The molecule has 5 heteroatoms. The lowest BCUT2D eigenvalue weighted by molar-refractivity contribution is -0.274. The maximum atomic E-state index is 12.1. The van der Waals surface area contributed by atoms with E-state index in [0.717, 1.165) is 18.4 Å². The van der Waals surface area contributed by atoms with Crippen LogP contribution in [0.3, 0.4) is 0 Å². The summed E-state index contributed by atoms with van der Waals surface area (Å²) in [6.07, 6.45) is -1.13. The van der Waals surface area contributed by atoms with Gasteiger partial charge in [0.2, 0.25) is 0 Å². The van der Waals surface area contributed by atoms with Gasteiger partial charge in [0, 0.05) is 6.42 Å². The number of rotatable bonds is 7. The van der Waals surface area contributed by atoms with Gasteiger partial charge in [-0.15, -0.1) is 13.2 Å². The second-order valence-electron chi connectivity index (χ2n) is 5.09. The maximum absolute atomic E-state index is 12.1. The van der Waals surface area contributed by atoms with Crippen LogP contribution in [0.25, 0.3) is 0 Å². The smallest absolute Gasteiger partial charge is 0.406 e. The molecule has 2 nitrogen and oxygen atoms in total. The zero-order valence-corrected chi connectivity index (χ0v) is 11.8. The Hall–Kier alpha value is -1.23. The molecule has 0 atom stereocenters. The summed E-state index contributed by atoms with van der Waals surface area (Å²) in [7, 11) is 0. The summed E-state index contributed by atoms with van der Waals surface area (Å²) in [5, 5.41) is 10.5. The van der Waals surface area contributed by atoms with Gasteiger partial charge in [-0.05, 0) is 30.5 Å². The number of ether oxygens (including phenoxy) is 1. The van der Waals surface area contributed by atoms with Crippen molar-refractivity contribution in [3.8, 4) is 5.75 Å². The van der Waals surface area contributed by atoms with Gasteiger partial charge < -0.3 is 9.84 Å². The average molecular weight is 290 g/mol. The van der Waals surface area contributed by atoms with Crippen LogP contribution in [-0.2, 0) is 6.42 Å². The van der Waals surface area contributed by atoms with E-state index in [2.05, 4.69) is 4.74 Å². The van der Waals surface area contributed by atoms with E-state index >= 15 is 0 Å². The number of benzene rings is 1. The summed E-state index contributed by atoms with van der Waals surface area (Å²) in [6, 6.07) is 5.69. The van der Waals surface area contributed by atoms with E-state index in [9.17, 15) is 18.3 Å². The van der Waals surface area contributed by atoms with Crippen LogP contribution in [0, 0.1) is 0 Å². The summed E-state index contributed by atoms with van der Waals surface area (Å²) >= 11 is 0. The molecule has 1 aromatic carbocycles. The van der Waals surface area contributed by atoms with E-state index in [-0.39, 0.29) is 5.75 Å². The number of hydrogen-bond donors (Lipinski definition) is 1. The van der Waals surface area contributed by atoms with Crippen LogP contribution in [-0.4, -0.2) is 17.1 Å². The van der Waals surface area contributed by atoms with E-state index in [4.69, 9.17) is 0 Å². The fourth-order valence-corrected chi connectivity index (χ4v) is 2.42. The molecule has 20 heavy (non-hydrogen) atoms. The van der Waals surface area contributed by atoms with Gasteiger partial charge in [-0.25, -0.2) is 0 Å². The topological polar surface area (TPSA) is 29.5 Å². The second kappa shape index (κ2) is 6.97. The Balaban J connectivity index is 2.72. The lowest BCUT2D eigenvalue weighted by Gasteiger charge is -2.27. The predicted molar refractivity (Wildman–Crippen MR) is 71.6 cm³/mol. The quantitative estimate of drug-likeness (QED) is 0.803. The van der Waals surface area contributed by atoms with Gasteiger partial charge in [-0.3, -0.25) is 0 Å². The minimum Gasteiger partial charge on any atom is -0.406 e. The highest BCUT2D eigenvalue weighted by Gasteiger charge is 2.31. The van der Waals surface area contributed by atoms with Crippen LogP contribution in [0.2, 0.25) is 0 Å². The van der Waals surface area contributed by atoms with Gasteiger partial charge in [0.15, 0.2) is 0 Å². The first-order valence-electron chi connectivity index (χ1n) is 6.85. The van der Waals surface area contributed by atoms with Crippen molar-refractivity contribution in [2.45, 2.75) is 57.9 Å². The molecule has 0 fully saturated rings. The molecule has 0 amide bonds. The third-order valence-electron chi connectivity index (χ3n) is 3.12. The molecule has 1 rings (SSSR count). The Kier molecular flexibility index (Phi) is 5.87. The fraction of sp³-hybridized carbons (Fsp3) is 0.600. The summed E-state index contributed by atoms with van der Waals surface area (Å²) in [5.41, 5.74) is 0.0273. The van der Waals surface area contributed by atoms with Crippen molar-refractivity contribution < 1.29 is 23.0 Å². The minimum absolute atomic E-state index is 0.240. The molecule has 0 saturated heterocycles. The van der Waals surface area contributed by atoms with Crippen molar-refractivity contribution in [1.82, 2.24) is 0 Å². The third kappa shape index (κ3) is 5.82. The van der Waals surface area contributed by atoms with Crippen LogP contribution < -0.4 is 4.74 Å². The number of alkyl halides is 3. The first kappa shape index (κ1) is 16.8. The highest BCUT2D eigenvalue weighted by atomic mass is 19.4. The van der Waals surface area contributed by atoms with Gasteiger partial charge >= 0.3 is 6.36 Å². The van der Waals surface area contributed by atoms with Crippen LogP contribution in [0.1, 0.15) is 45.1 Å². The summed E-state index contributed by atoms with van der Waals surface area (Å²) in [4.78, 5) is 0. The fourth-order valence-electron chi connectivity index (χ4n) is 2.42. The Bertz CT molecular complexity index is 393. The van der Waals surface area contributed by atoms with Gasteiger partial charge in [0.25, 0.3) is 0 Å². The lowest BCUT2D eigenvalue weighted by Crippen LogP contribution is -2.31. The summed E-state index contributed by atoms with van der Waals surface area (Å²) in [5.74, 6) is -0.240. The molecular formula is C15H21F3O2. The Morgan fingerprint density at radius 2 is 1.50 bits per heavy atom. The molecular weight excluding hydrogens is 269 g/mol. The van der Waals surface area contributed by atoms with E-state index in [1.54, 1.807) is 12.1 Å². The molecule has 0 radical (unpaired) electrons. The zero-order valence-electron chi connectivity index (χ0n) is 11.8. The van der Waals surface area contributed by atoms with Gasteiger partial charge in [-0.1, -0.05) is 38.8 Å². The van der Waals surface area contributed by atoms with E-state index in [0.29, 0.717) is 19.3 Å². The van der Waals surface area contributed by atoms with Crippen molar-refractivity contribution in [2.24, 2.45) is 0 Å². The molecule has 1 N–H and O–H groups in total. The van der Waals surface area contributed by atoms with Crippen molar-refractivity contribution in [3.63, 3.8) is 0 Å². The molecule has 0 heterocycles. The maximum Gasteiger partial charge on any atom is 0.573 e. The largest absolute Gasteiger partial charge is 0.573 e. The Morgan fingerprint density at radius 3 is 1.90 bits per heavy atom. The van der Waals surface area contributed by atoms with Crippen molar-refractivity contribution in [3.05, 3.63) is 29.8 Å². The van der Waals surface area contributed by atoms with E-state index in [1.165, 1.54) is 12.1 Å². The van der Waals surface area contributed by atoms with Crippen LogP contribution >= 0.6 is 0 Å². The molecule has 114 valence electrons. The van der Waals surface area contributed by atoms with Crippen LogP contribution in [0.4, 0.5) is 13.2 Å². The van der Waals surface area contributed by atoms with E-state index < -0.39 is 12.0 Å². The predicted octanol–water partition coefficient (Wildman–Crippen LogP) is 4.46. The summed E-state index contributed by atoms with van der Waals surface area (Å²) < 4.78 is 40.0. The number of halogens is 3. The Morgan fingerprint density at radius 1 is 1.00 bits per heavy atom. The standard InChI is InChI=1S/C15H21F3O2/c1-3-9-14(19,10-4-2)11-12-5-7-13(8-6-12)20-15(16,17)18/h5-8,19H,3-4,9-11H2,1-2H3.